The van der Waals surface area contributed by atoms with Crippen molar-refractivity contribution < 1.29 is 14.3 Å². The van der Waals surface area contributed by atoms with Gasteiger partial charge < -0.3 is 20.6 Å². The summed E-state index contributed by atoms with van der Waals surface area (Å²) in [6.07, 6.45) is 2.32. The lowest BCUT2D eigenvalue weighted by Crippen LogP contribution is -2.28. The molecule has 1 fully saturated rings. The van der Waals surface area contributed by atoms with Crippen LogP contribution in [0.1, 0.15) is 29.8 Å². The zero-order valence-electron chi connectivity index (χ0n) is 11.1. The van der Waals surface area contributed by atoms with Crippen LogP contribution in [0.5, 0.6) is 0 Å². The van der Waals surface area contributed by atoms with Gasteiger partial charge in [-0.2, -0.15) is 0 Å². The van der Waals surface area contributed by atoms with Crippen molar-refractivity contribution in [1.82, 2.24) is 5.32 Å². The maximum absolute atomic E-state index is 12.0. The second-order valence-corrected chi connectivity index (χ2v) is 5.45. The molecule has 0 aliphatic heterocycles. The van der Waals surface area contributed by atoms with Gasteiger partial charge in [-0.15, -0.1) is 0 Å². The Labute approximate surface area is 116 Å². The topological polar surface area (TPSA) is 88.5 Å². The Bertz CT molecular complexity index is 635. The summed E-state index contributed by atoms with van der Waals surface area (Å²) >= 11 is 0. The predicted molar refractivity (Wildman–Crippen MR) is 76.3 cm³/mol. The molecule has 20 heavy (non-hydrogen) atoms. The van der Waals surface area contributed by atoms with Crippen LogP contribution in [-0.4, -0.2) is 23.7 Å². The minimum absolute atomic E-state index is 0.217. The van der Waals surface area contributed by atoms with Crippen molar-refractivity contribution in [2.75, 3.05) is 12.3 Å². The van der Waals surface area contributed by atoms with E-state index in [4.69, 9.17) is 10.2 Å². The molecule has 5 nitrogen and oxygen atoms in total. The lowest BCUT2D eigenvalue weighted by molar-refractivity contribution is 0.0919. The SMILES string of the molecule is Nc1ccc2oc(C(=O)NCC3CCC(O)C3)cc2c1. The van der Waals surface area contributed by atoms with Crippen LogP contribution in [0.3, 0.4) is 0 Å². The number of carbonyl (C=O) groups excluding carboxylic acids is 1. The molecular formula is C15H18N2O3. The molecule has 5 heteroatoms. The smallest absolute Gasteiger partial charge is 0.287 e. The molecule has 1 aliphatic rings. The molecule has 0 radical (unpaired) electrons. The number of benzene rings is 1. The highest BCUT2D eigenvalue weighted by molar-refractivity contribution is 5.96. The highest BCUT2D eigenvalue weighted by atomic mass is 16.3. The highest BCUT2D eigenvalue weighted by Gasteiger charge is 2.23. The summed E-state index contributed by atoms with van der Waals surface area (Å²) in [6.45, 7) is 0.578. The van der Waals surface area contributed by atoms with E-state index in [1.165, 1.54) is 0 Å². The van der Waals surface area contributed by atoms with Gasteiger partial charge in [-0.3, -0.25) is 4.79 Å². The van der Waals surface area contributed by atoms with Crippen molar-refractivity contribution in [2.24, 2.45) is 5.92 Å². The number of aliphatic hydroxyl groups excluding tert-OH is 1. The molecule has 4 N–H and O–H groups in total. The first kappa shape index (κ1) is 13.0. The molecular weight excluding hydrogens is 256 g/mol. The number of rotatable bonds is 3. The van der Waals surface area contributed by atoms with Crippen molar-refractivity contribution in [2.45, 2.75) is 25.4 Å². The van der Waals surface area contributed by atoms with Crippen LogP contribution in [0.2, 0.25) is 0 Å². The number of nitrogens with one attached hydrogen (secondary N) is 1. The molecule has 2 atom stereocenters. The first-order chi connectivity index (χ1) is 9.61. The third kappa shape index (κ3) is 2.63. The van der Waals surface area contributed by atoms with Gasteiger partial charge in [0.1, 0.15) is 5.58 Å². The van der Waals surface area contributed by atoms with Gasteiger partial charge in [0.05, 0.1) is 6.10 Å². The Morgan fingerprint density at radius 2 is 2.25 bits per heavy atom. The number of carbonyl (C=O) groups is 1. The Hall–Kier alpha value is -2.01. The molecule has 0 saturated heterocycles. The van der Waals surface area contributed by atoms with Gasteiger partial charge in [-0.25, -0.2) is 0 Å². The van der Waals surface area contributed by atoms with E-state index in [2.05, 4.69) is 5.32 Å². The molecule has 1 aromatic carbocycles. The van der Waals surface area contributed by atoms with Gasteiger partial charge in [0, 0.05) is 17.6 Å². The predicted octanol–water partition coefficient (Wildman–Crippen LogP) is 1.91. The second kappa shape index (κ2) is 5.17. The van der Waals surface area contributed by atoms with E-state index < -0.39 is 0 Å². The normalized spacial score (nSPS) is 22.2. The number of nitrogen functional groups attached to an aromatic ring is 1. The maximum Gasteiger partial charge on any atom is 0.287 e. The largest absolute Gasteiger partial charge is 0.451 e. The quantitative estimate of drug-likeness (QED) is 0.746. The molecule has 1 aromatic heterocycles. The van der Waals surface area contributed by atoms with Crippen LogP contribution in [-0.2, 0) is 0 Å². The number of aliphatic hydroxyl groups is 1. The summed E-state index contributed by atoms with van der Waals surface area (Å²) in [5.74, 6) is 0.430. The number of hydrogen-bond acceptors (Lipinski definition) is 4. The molecule has 0 spiro atoms. The van der Waals surface area contributed by atoms with Crippen molar-refractivity contribution >= 4 is 22.6 Å². The number of furan rings is 1. The number of fused-ring (bicyclic) bond motifs is 1. The Morgan fingerprint density at radius 3 is 3.00 bits per heavy atom. The number of anilines is 1. The Kier molecular flexibility index (Phi) is 3.36. The fourth-order valence-corrected chi connectivity index (χ4v) is 2.73. The van der Waals surface area contributed by atoms with Crippen LogP contribution in [0.25, 0.3) is 11.0 Å². The molecule has 3 rings (SSSR count). The molecule has 1 heterocycles. The van der Waals surface area contributed by atoms with Crippen molar-refractivity contribution in [3.8, 4) is 0 Å². The van der Waals surface area contributed by atoms with E-state index in [9.17, 15) is 9.90 Å². The summed E-state index contributed by atoms with van der Waals surface area (Å²) in [5.41, 5.74) is 6.99. The Morgan fingerprint density at radius 1 is 1.40 bits per heavy atom. The van der Waals surface area contributed by atoms with Crippen LogP contribution >= 0.6 is 0 Å². The summed E-state index contributed by atoms with van der Waals surface area (Å²) in [5, 5.41) is 13.1. The molecule has 0 bridgehead atoms. The third-order valence-electron chi connectivity index (χ3n) is 3.83. The Balaban J connectivity index is 1.66. The van der Waals surface area contributed by atoms with E-state index in [0.29, 0.717) is 29.5 Å². The summed E-state index contributed by atoms with van der Waals surface area (Å²) in [7, 11) is 0. The number of nitrogens with two attached hydrogens (primary N) is 1. The van der Waals surface area contributed by atoms with Crippen molar-refractivity contribution in [3.05, 3.63) is 30.0 Å². The van der Waals surface area contributed by atoms with E-state index in [-0.39, 0.29) is 12.0 Å². The maximum atomic E-state index is 12.0. The minimum atomic E-state index is -0.221. The fraction of sp³-hybridized carbons (Fsp3) is 0.400. The van der Waals surface area contributed by atoms with Gasteiger partial charge in [-0.05, 0) is 49.4 Å². The van der Waals surface area contributed by atoms with E-state index >= 15 is 0 Å². The summed E-state index contributed by atoms with van der Waals surface area (Å²) in [6, 6.07) is 6.98. The first-order valence-electron chi connectivity index (χ1n) is 6.87. The average Bonchev–Trinajstić information content (AvgIpc) is 3.01. The molecule has 1 saturated carbocycles. The molecule has 2 unspecified atom stereocenters. The monoisotopic (exact) mass is 274 g/mol. The summed E-state index contributed by atoms with van der Waals surface area (Å²) < 4.78 is 5.50. The van der Waals surface area contributed by atoms with Gasteiger partial charge in [0.15, 0.2) is 5.76 Å². The first-order valence-corrected chi connectivity index (χ1v) is 6.87. The lowest BCUT2D eigenvalue weighted by atomic mass is 10.1. The minimum Gasteiger partial charge on any atom is -0.451 e. The highest BCUT2D eigenvalue weighted by Crippen LogP contribution is 2.25. The molecule has 1 aliphatic carbocycles. The third-order valence-corrected chi connectivity index (χ3v) is 3.83. The summed E-state index contributed by atoms with van der Waals surface area (Å²) in [4.78, 5) is 12.0. The van der Waals surface area contributed by atoms with Crippen LogP contribution in [0.4, 0.5) is 5.69 Å². The van der Waals surface area contributed by atoms with Gasteiger partial charge in [0.25, 0.3) is 5.91 Å². The van der Waals surface area contributed by atoms with E-state index in [1.807, 2.05) is 0 Å². The second-order valence-electron chi connectivity index (χ2n) is 5.45. The van der Waals surface area contributed by atoms with Crippen LogP contribution < -0.4 is 11.1 Å². The van der Waals surface area contributed by atoms with E-state index in [1.54, 1.807) is 24.3 Å². The van der Waals surface area contributed by atoms with Gasteiger partial charge in [-0.1, -0.05) is 0 Å². The lowest BCUT2D eigenvalue weighted by Gasteiger charge is -2.09. The van der Waals surface area contributed by atoms with Gasteiger partial charge >= 0.3 is 0 Å². The zero-order valence-corrected chi connectivity index (χ0v) is 11.1. The molecule has 1 amide bonds. The van der Waals surface area contributed by atoms with E-state index in [0.717, 1.165) is 24.6 Å². The average molecular weight is 274 g/mol. The van der Waals surface area contributed by atoms with Crippen molar-refractivity contribution in [1.29, 1.82) is 0 Å². The zero-order chi connectivity index (χ0) is 14.1. The molecule has 106 valence electrons. The number of hydrogen-bond donors (Lipinski definition) is 3. The fourth-order valence-electron chi connectivity index (χ4n) is 2.73. The molecule has 2 aromatic rings. The van der Waals surface area contributed by atoms with Crippen molar-refractivity contribution in [3.63, 3.8) is 0 Å². The van der Waals surface area contributed by atoms with Crippen LogP contribution in [0.15, 0.2) is 28.7 Å². The standard InChI is InChI=1S/C15H18N2O3/c16-11-2-4-13-10(6-11)7-14(20-13)15(19)17-8-9-1-3-12(18)5-9/h2,4,6-7,9,12,18H,1,3,5,8,16H2,(H,17,19). The van der Waals surface area contributed by atoms with Gasteiger partial charge in [0.2, 0.25) is 0 Å². The van der Waals surface area contributed by atoms with Crippen LogP contribution in [0, 0.1) is 5.92 Å². The number of amides is 1.